The van der Waals surface area contributed by atoms with E-state index < -0.39 is 16.6 Å². The van der Waals surface area contributed by atoms with Crippen LogP contribution in [0.5, 0.6) is 0 Å². The minimum Gasteiger partial charge on any atom is -0.521 e. The molecule has 0 aromatic heterocycles. The number of carboxylic acids is 1. The molecule has 1 aliphatic carbocycles. The van der Waals surface area contributed by atoms with E-state index in [2.05, 4.69) is 19.1 Å². The summed E-state index contributed by atoms with van der Waals surface area (Å²) in [6.07, 6.45) is 6.84. The summed E-state index contributed by atoms with van der Waals surface area (Å²) in [6.45, 7) is 3.59. The van der Waals surface area contributed by atoms with Crippen molar-refractivity contribution >= 4 is 31.5 Å². The molecule has 1 radical (unpaired) electrons. The average molecular weight is 532 g/mol. The van der Waals surface area contributed by atoms with Crippen molar-refractivity contribution in [1.29, 1.82) is 5.26 Å². The largest absolute Gasteiger partial charge is 0.521 e. The summed E-state index contributed by atoms with van der Waals surface area (Å²) in [5, 5.41) is 27.4. The normalized spacial score (nSPS) is 11.4. The van der Waals surface area contributed by atoms with Crippen molar-refractivity contribution in [3.05, 3.63) is 58.5 Å². The summed E-state index contributed by atoms with van der Waals surface area (Å²) < 4.78 is 0. The zero-order valence-corrected chi connectivity index (χ0v) is 17.5. The number of nitrogens with zero attached hydrogens (tertiary/aromatic N) is 2. The van der Waals surface area contributed by atoms with E-state index in [-0.39, 0.29) is 51.0 Å². The van der Waals surface area contributed by atoms with Crippen molar-refractivity contribution in [2.24, 2.45) is 5.92 Å². The van der Waals surface area contributed by atoms with Crippen molar-refractivity contribution in [1.82, 2.24) is 0 Å². The van der Waals surface area contributed by atoms with Crippen LogP contribution in [0, 0.1) is 40.4 Å². The molecule has 0 bridgehead atoms. The van der Waals surface area contributed by atoms with Crippen LogP contribution in [0.15, 0.2) is 24.3 Å². The van der Waals surface area contributed by atoms with Gasteiger partial charge in [-0.15, -0.1) is 12.1 Å². The van der Waals surface area contributed by atoms with Gasteiger partial charge in [-0.3, -0.25) is 10.1 Å². The van der Waals surface area contributed by atoms with Crippen molar-refractivity contribution in [2.45, 2.75) is 12.8 Å². The fraction of sp³-hybridized carbons (Fsp3) is 0.214. The van der Waals surface area contributed by atoms with Crippen LogP contribution in [0.1, 0.15) is 28.8 Å². The van der Waals surface area contributed by atoms with Crippen molar-refractivity contribution in [3.8, 4) is 6.07 Å². The summed E-state index contributed by atoms with van der Waals surface area (Å²) >= 11 is 0. The molecule has 23 heavy (non-hydrogen) atoms. The zero-order chi connectivity index (χ0) is 15.1. The zero-order valence-electron chi connectivity index (χ0n) is 12.3. The first kappa shape index (κ1) is 26.6. The number of nitro benzene ring substituents is 1. The molecular formula is C14H18IrN2O4P2-2. The predicted molar refractivity (Wildman–Crippen MR) is 93.0 cm³/mol. The number of carboxylic acid groups (broad SMARTS) is 1. The van der Waals surface area contributed by atoms with Gasteiger partial charge in [0.2, 0.25) is 11.7 Å². The van der Waals surface area contributed by atoms with Crippen LogP contribution >= 0.6 is 19.8 Å². The second-order valence-corrected chi connectivity index (χ2v) is 4.09. The number of carbonyl (C=O) groups is 1. The van der Waals surface area contributed by atoms with E-state index in [0.29, 0.717) is 0 Å². The minimum atomic E-state index is -1.32. The fourth-order valence-corrected chi connectivity index (χ4v) is 1.33. The van der Waals surface area contributed by atoms with Crippen molar-refractivity contribution in [2.75, 3.05) is 0 Å². The summed E-state index contributed by atoms with van der Waals surface area (Å²) in [4.78, 5) is 20.0. The molecule has 1 N–H and O–H groups in total. The second kappa shape index (κ2) is 13.2. The molecule has 2 atom stereocenters. The third-order valence-corrected chi connectivity index (χ3v) is 2.51. The third kappa shape index (κ3) is 9.43. The van der Waals surface area contributed by atoms with E-state index >= 15 is 0 Å². The van der Waals surface area contributed by atoms with Crippen LogP contribution in [-0.2, 0) is 20.1 Å². The van der Waals surface area contributed by atoms with E-state index in [9.17, 15) is 14.9 Å². The van der Waals surface area contributed by atoms with Crippen LogP contribution in [0.2, 0.25) is 0 Å². The van der Waals surface area contributed by atoms with E-state index in [1.165, 1.54) is 12.8 Å². The molecular weight excluding hydrogens is 514 g/mol. The van der Waals surface area contributed by atoms with Gasteiger partial charge >= 0.3 is 0 Å². The minimum absolute atomic E-state index is 0. The number of nitro groups is 1. The van der Waals surface area contributed by atoms with Crippen LogP contribution in [0.25, 0.3) is 0 Å². The summed E-state index contributed by atoms with van der Waals surface area (Å²) in [5.74, 6) is -0.417. The summed E-state index contributed by atoms with van der Waals surface area (Å²) in [7, 11) is 0. The molecule has 0 saturated heterocycles. The molecule has 1 aliphatic rings. The van der Waals surface area contributed by atoms with Gasteiger partial charge in [-0.1, -0.05) is 30.4 Å². The van der Waals surface area contributed by atoms with Gasteiger partial charge < -0.3 is 9.90 Å². The maximum Gasteiger partial charge on any atom is 0.247 e. The van der Waals surface area contributed by atoms with Gasteiger partial charge in [0.05, 0.1) is 6.07 Å². The first-order valence-electron chi connectivity index (χ1n) is 5.79. The van der Waals surface area contributed by atoms with Gasteiger partial charge in [0.15, 0.2) is 0 Å². The Labute approximate surface area is 155 Å². The maximum atomic E-state index is 10.4. The van der Waals surface area contributed by atoms with Crippen molar-refractivity contribution < 1.29 is 34.9 Å². The molecule has 6 nitrogen and oxygen atoms in total. The number of aromatic carboxylic acids is 1. The van der Waals surface area contributed by atoms with E-state index in [1.807, 2.05) is 6.08 Å². The maximum absolute atomic E-state index is 10.4. The molecule has 2 unspecified atom stereocenters. The van der Waals surface area contributed by atoms with Crippen LogP contribution in [0.3, 0.4) is 0 Å². The average Bonchev–Trinajstić information content (AvgIpc) is 3.23. The standard InChI is InChI=1S/C8H3N2O4.C6H9.Ir.2H3P/c9-4-6-2-1-5(8(11)12)3-7(6)10(13)14;1-2-3-6-4-5-6;;;/h2-3H,(H,11,12);2-3,6H,1,4-5H2;;2*1H3/q2*-1;;;/b;3-2+;;;. The Morgan fingerprint density at radius 3 is 2.39 bits per heavy atom. The molecule has 1 aromatic rings. The van der Waals surface area contributed by atoms with Crippen LogP contribution < -0.4 is 0 Å². The number of allylic oxidation sites excluding steroid dienone is 2. The molecule has 0 spiro atoms. The second-order valence-electron chi connectivity index (χ2n) is 4.09. The van der Waals surface area contributed by atoms with Gasteiger partial charge in [0.25, 0.3) is 0 Å². The fourth-order valence-electron chi connectivity index (χ4n) is 1.33. The van der Waals surface area contributed by atoms with Gasteiger partial charge in [-0.2, -0.15) is 19.8 Å². The molecule has 0 amide bonds. The number of hydrogen-bond donors (Lipinski definition) is 1. The van der Waals surface area contributed by atoms with Crippen LogP contribution in [-0.4, -0.2) is 16.0 Å². The number of nitriles is 1. The summed E-state index contributed by atoms with van der Waals surface area (Å²) in [6, 6.07) is 5.63. The first-order valence-corrected chi connectivity index (χ1v) is 5.79. The Bertz CT molecular complexity index is 599. The molecule has 129 valence electrons. The number of hydrogen-bond acceptors (Lipinski definition) is 4. The van der Waals surface area contributed by atoms with Gasteiger partial charge in [-0.05, 0) is 0 Å². The third-order valence-electron chi connectivity index (χ3n) is 2.51. The molecule has 1 aromatic carbocycles. The monoisotopic (exact) mass is 533 g/mol. The Hall–Kier alpha value is -1.30. The Morgan fingerprint density at radius 2 is 2.09 bits per heavy atom. The van der Waals surface area contributed by atoms with Crippen molar-refractivity contribution in [3.63, 3.8) is 0 Å². The topological polar surface area (TPSA) is 104 Å². The van der Waals surface area contributed by atoms with E-state index in [0.717, 1.165) is 18.1 Å². The van der Waals surface area contributed by atoms with Gasteiger partial charge in [0.1, 0.15) is 0 Å². The number of rotatable bonds is 3. The molecule has 0 heterocycles. The molecule has 2 rings (SSSR count). The quantitative estimate of drug-likeness (QED) is 0.279. The first-order chi connectivity index (χ1) is 9.49. The van der Waals surface area contributed by atoms with Gasteiger partial charge in [-0.25, -0.2) is 24.3 Å². The Balaban J connectivity index is -0.000000382. The smallest absolute Gasteiger partial charge is 0.247 e. The molecule has 1 fully saturated rings. The molecule has 1 saturated carbocycles. The van der Waals surface area contributed by atoms with E-state index in [4.69, 9.17) is 10.4 Å². The SMILES string of the molecule is N#Cc1c[c-]c(C(=O)O)cc1[N+](=O)[O-].P.P.[CH2-]/C=C/C1CC1.[Ir]. The Kier molecular flexibility index (Phi) is 15.2. The predicted octanol–water partition coefficient (Wildman–Crippen LogP) is 2.87. The Morgan fingerprint density at radius 1 is 1.52 bits per heavy atom. The molecule has 0 aliphatic heterocycles. The number of benzene rings is 1. The molecule has 9 heteroatoms. The van der Waals surface area contributed by atoms with E-state index in [1.54, 1.807) is 6.07 Å². The van der Waals surface area contributed by atoms with Gasteiger partial charge in [0, 0.05) is 30.6 Å². The summed E-state index contributed by atoms with van der Waals surface area (Å²) in [5.41, 5.74) is -1.07. The van der Waals surface area contributed by atoms with Crippen LogP contribution in [0.4, 0.5) is 5.69 Å².